The van der Waals surface area contributed by atoms with Gasteiger partial charge in [0, 0.05) is 42.3 Å². The van der Waals surface area contributed by atoms with Crippen LogP contribution in [-0.4, -0.2) is 34.1 Å². The van der Waals surface area contributed by atoms with Crippen molar-refractivity contribution in [3.05, 3.63) is 55.0 Å². The van der Waals surface area contributed by atoms with Crippen LogP contribution in [0.15, 0.2) is 55.0 Å². The highest BCUT2D eigenvalue weighted by Crippen LogP contribution is 2.26. The van der Waals surface area contributed by atoms with E-state index < -0.39 is 0 Å². The minimum atomic E-state index is 0.664. The van der Waals surface area contributed by atoms with Gasteiger partial charge in [-0.05, 0) is 55.6 Å². The molecule has 0 N–H and O–H groups in total. The second kappa shape index (κ2) is 5.58. The highest BCUT2D eigenvalue weighted by molar-refractivity contribution is 5.85. The average Bonchev–Trinajstić information content (AvgIpc) is 3.15. The minimum absolute atomic E-state index is 0.664. The van der Waals surface area contributed by atoms with Crippen molar-refractivity contribution in [1.82, 2.24) is 14.5 Å². The van der Waals surface area contributed by atoms with Crippen LogP contribution in [0, 0.1) is 0 Å². The second-order valence-corrected chi connectivity index (χ2v) is 6.26. The zero-order chi connectivity index (χ0) is 14.9. The molecule has 3 heteroatoms. The van der Waals surface area contributed by atoms with Crippen LogP contribution in [0.2, 0.25) is 0 Å². The van der Waals surface area contributed by atoms with Crippen molar-refractivity contribution in [2.24, 2.45) is 0 Å². The Labute approximate surface area is 131 Å². The second-order valence-electron chi connectivity index (χ2n) is 6.26. The van der Waals surface area contributed by atoms with E-state index >= 15 is 0 Å². The van der Waals surface area contributed by atoms with Gasteiger partial charge in [0.25, 0.3) is 0 Å². The molecule has 0 saturated carbocycles. The molecule has 1 fully saturated rings. The monoisotopic (exact) mass is 291 g/mol. The Morgan fingerprint density at radius 2 is 2.14 bits per heavy atom. The fourth-order valence-corrected chi connectivity index (χ4v) is 3.49. The van der Waals surface area contributed by atoms with Gasteiger partial charge in [-0.1, -0.05) is 18.2 Å². The van der Waals surface area contributed by atoms with Crippen LogP contribution in [-0.2, 0) is 6.54 Å². The molecule has 1 atom stereocenters. The number of benzene rings is 1. The van der Waals surface area contributed by atoms with Gasteiger partial charge in [0.15, 0.2) is 0 Å². The molecule has 3 aromatic rings. The molecule has 0 amide bonds. The number of likely N-dealkylation sites (tertiary alicyclic amines) is 1. The first-order chi connectivity index (χ1) is 10.8. The number of aromatic nitrogens is 2. The van der Waals surface area contributed by atoms with E-state index in [1.165, 1.54) is 41.4 Å². The summed E-state index contributed by atoms with van der Waals surface area (Å²) in [6.45, 7) is 2.31. The lowest BCUT2D eigenvalue weighted by Gasteiger charge is -2.20. The highest BCUT2D eigenvalue weighted by Gasteiger charge is 2.21. The summed E-state index contributed by atoms with van der Waals surface area (Å²) in [5.74, 6) is 0. The van der Waals surface area contributed by atoms with E-state index in [-0.39, 0.29) is 0 Å². The summed E-state index contributed by atoms with van der Waals surface area (Å²) in [5, 5.41) is 1.31. The van der Waals surface area contributed by atoms with Gasteiger partial charge in [-0.15, -0.1) is 0 Å². The summed E-state index contributed by atoms with van der Waals surface area (Å²) in [7, 11) is 2.24. The predicted octanol–water partition coefficient (Wildman–Crippen LogP) is 3.80. The number of rotatable bonds is 3. The largest absolute Gasteiger partial charge is 0.346 e. The first-order valence-electron chi connectivity index (χ1n) is 8.01. The van der Waals surface area contributed by atoms with E-state index in [9.17, 15) is 0 Å². The molecule has 4 rings (SSSR count). The molecule has 1 aliphatic heterocycles. The third-order valence-corrected chi connectivity index (χ3v) is 4.85. The number of nitrogens with zero attached hydrogens (tertiary/aromatic N) is 3. The lowest BCUT2D eigenvalue weighted by atomic mass is 10.1. The zero-order valence-electron chi connectivity index (χ0n) is 12.9. The van der Waals surface area contributed by atoms with Crippen LogP contribution in [0.1, 0.15) is 12.8 Å². The maximum absolute atomic E-state index is 4.23. The van der Waals surface area contributed by atoms with Crippen molar-refractivity contribution >= 4 is 10.9 Å². The third kappa shape index (κ3) is 2.42. The molecule has 1 aliphatic rings. The van der Waals surface area contributed by atoms with Gasteiger partial charge >= 0.3 is 0 Å². The lowest BCUT2D eigenvalue weighted by molar-refractivity contribution is 0.284. The minimum Gasteiger partial charge on any atom is -0.346 e. The molecule has 0 spiro atoms. The average molecular weight is 291 g/mol. The SMILES string of the molecule is CN1CCCC1Cn1ccc2ccc(-c3cccnc3)cc21. The molecule has 1 aromatic carbocycles. The fraction of sp³-hybridized carbons (Fsp3) is 0.316. The van der Waals surface area contributed by atoms with Crippen LogP contribution < -0.4 is 0 Å². The van der Waals surface area contributed by atoms with Crippen LogP contribution in [0.5, 0.6) is 0 Å². The number of likely N-dealkylation sites (N-methyl/N-ethyl adjacent to an activating group) is 1. The smallest absolute Gasteiger partial charge is 0.0487 e. The van der Waals surface area contributed by atoms with Gasteiger partial charge in [-0.25, -0.2) is 0 Å². The first kappa shape index (κ1) is 13.5. The Hall–Kier alpha value is -2.13. The Morgan fingerprint density at radius 3 is 2.91 bits per heavy atom. The van der Waals surface area contributed by atoms with Crippen molar-refractivity contribution in [2.75, 3.05) is 13.6 Å². The summed E-state index contributed by atoms with van der Waals surface area (Å²) in [5.41, 5.74) is 3.73. The van der Waals surface area contributed by atoms with Crippen LogP contribution in [0.25, 0.3) is 22.0 Å². The molecule has 22 heavy (non-hydrogen) atoms. The van der Waals surface area contributed by atoms with Crippen molar-refractivity contribution < 1.29 is 0 Å². The van der Waals surface area contributed by atoms with E-state index in [4.69, 9.17) is 0 Å². The van der Waals surface area contributed by atoms with Gasteiger partial charge in [0.05, 0.1) is 0 Å². The first-order valence-corrected chi connectivity index (χ1v) is 8.01. The van der Waals surface area contributed by atoms with Crippen molar-refractivity contribution in [3.8, 4) is 11.1 Å². The number of hydrogen-bond acceptors (Lipinski definition) is 2. The molecule has 112 valence electrons. The third-order valence-electron chi connectivity index (χ3n) is 4.85. The van der Waals surface area contributed by atoms with Gasteiger partial charge in [-0.2, -0.15) is 0 Å². The van der Waals surface area contributed by atoms with Crippen LogP contribution in [0.3, 0.4) is 0 Å². The molecule has 1 saturated heterocycles. The number of fused-ring (bicyclic) bond motifs is 1. The van der Waals surface area contributed by atoms with Crippen molar-refractivity contribution in [1.29, 1.82) is 0 Å². The van der Waals surface area contributed by atoms with Gasteiger partial charge in [0.1, 0.15) is 0 Å². The molecule has 0 aliphatic carbocycles. The molecular weight excluding hydrogens is 270 g/mol. The summed E-state index contributed by atoms with van der Waals surface area (Å²) in [6, 6.07) is 13.7. The summed E-state index contributed by atoms with van der Waals surface area (Å²) >= 11 is 0. The van der Waals surface area contributed by atoms with Crippen molar-refractivity contribution in [2.45, 2.75) is 25.4 Å². The van der Waals surface area contributed by atoms with E-state index in [0.29, 0.717) is 6.04 Å². The Balaban J connectivity index is 1.71. The Morgan fingerprint density at radius 1 is 1.18 bits per heavy atom. The van der Waals surface area contributed by atoms with E-state index in [2.05, 4.69) is 58.0 Å². The molecule has 3 heterocycles. The summed E-state index contributed by atoms with van der Waals surface area (Å²) in [6.07, 6.45) is 8.60. The highest BCUT2D eigenvalue weighted by atomic mass is 15.2. The standard InChI is InChI=1S/C19H21N3/c1-21-10-3-5-18(21)14-22-11-8-15-6-7-16(12-19(15)22)17-4-2-9-20-13-17/h2,4,6-9,11-13,18H,3,5,10,14H2,1H3. The van der Waals surface area contributed by atoms with E-state index in [1.807, 2.05) is 18.5 Å². The maximum Gasteiger partial charge on any atom is 0.0487 e. The summed E-state index contributed by atoms with van der Waals surface area (Å²) in [4.78, 5) is 6.71. The van der Waals surface area contributed by atoms with Crippen LogP contribution >= 0.6 is 0 Å². The topological polar surface area (TPSA) is 21.1 Å². The zero-order valence-corrected chi connectivity index (χ0v) is 12.9. The number of pyridine rings is 1. The molecule has 0 radical (unpaired) electrons. The molecular formula is C19H21N3. The fourth-order valence-electron chi connectivity index (χ4n) is 3.49. The van der Waals surface area contributed by atoms with Gasteiger partial charge in [0.2, 0.25) is 0 Å². The predicted molar refractivity (Wildman–Crippen MR) is 90.8 cm³/mol. The lowest BCUT2D eigenvalue weighted by Crippen LogP contribution is -2.28. The molecule has 2 aromatic heterocycles. The summed E-state index contributed by atoms with van der Waals surface area (Å²) < 4.78 is 2.40. The molecule has 3 nitrogen and oxygen atoms in total. The Kier molecular flexibility index (Phi) is 3.43. The van der Waals surface area contributed by atoms with E-state index in [0.717, 1.165) is 6.54 Å². The quantitative estimate of drug-likeness (QED) is 0.732. The van der Waals surface area contributed by atoms with E-state index in [1.54, 1.807) is 0 Å². The maximum atomic E-state index is 4.23. The van der Waals surface area contributed by atoms with Crippen molar-refractivity contribution in [3.63, 3.8) is 0 Å². The molecule has 1 unspecified atom stereocenters. The van der Waals surface area contributed by atoms with Crippen LogP contribution in [0.4, 0.5) is 0 Å². The number of hydrogen-bond donors (Lipinski definition) is 0. The molecule has 0 bridgehead atoms. The van der Waals surface area contributed by atoms with Gasteiger partial charge < -0.3 is 9.47 Å². The van der Waals surface area contributed by atoms with Gasteiger partial charge in [-0.3, -0.25) is 4.98 Å². The Bertz CT molecular complexity index is 776. The normalized spacial score (nSPS) is 19.0.